The van der Waals surface area contributed by atoms with Gasteiger partial charge in [0.25, 0.3) is 11.9 Å². The molecule has 3 heterocycles. The molecule has 2 atom stereocenters. The first-order valence-corrected chi connectivity index (χ1v) is 11.9. The van der Waals surface area contributed by atoms with Crippen LogP contribution in [0.25, 0.3) is 22.5 Å². The highest BCUT2D eigenvalue weighted by molar-refractivity contribution is 6.31. The Morgan fingerprint density at radius 2 is 2.03 bits per heavy atom. The molecule has 174 valence electrons. The minimum Gasteiger partial charge on any atom is -0.424 e. The van der Waals surface area contributed by atoms with Gasteiger partial charge in [-0.1, -0.05) is 36.2 Å². The number of carbonyl (C=O) groups is 1. The Hall–Kier alpha value is -3.45. The molecular weight excluding hydrogens is 450 g/mol. The first-order valence-electron chi connectivity index (χ1n) is 11.5. The number of hydrogen-bond acceptors (Lipinski definition) is 6. The van der Waals surface area contributed by atoms with E-state index in [4.69, 9.17) is 16.0 Å². The van der Waals surface area contributed by atoms with Crippen molar-refractivity contribution in [3.05, 3.63) is 71.0 Å². The summed E-state index contributed by atoms with van der Waals surface area (Å²) in [6.45, 7) is 5.41. The molecule has 1 N–H and O–H groups in total. The van der Waals surface area contributed by atoms with E-state index < -0.39 is 0 Å². The predicted molar refractivity (Wildman–Crippen MR) is 133 cm³/mol. The number of carbonyl (C=O) groups excluding carboxylic acids is 1. The van der Waals surface area contributed by atoms with Gasteiger partial charge in [-0.3, -0.25) is 4.79 Å². The van der Waals surface area contributed by atoms with Crippen molar-refractivity contribution in [1.29, 1.82) is 0 Å². The van der Waals surface area contributed by atoms with Crippen LogP contribution in [0, 0.1) is 12.8 Å². The molecule has 2 aromatic heterocycles. The van der Waals surface area contributed by atoms with E-state index in [0.29, 0.717) is 52.5 Å². The predicted octanol–water partition coefficient (Wildman–Crippen LogP) is 5.60. The maximum atomic E-state index is 13.9. The van der Waals surface area contributed by atoms with Crippen LogP contribution in [0.3, 0.4) is 0 Å². The van der Waals surface area contributed by atoms with Gasteiger partial charge >= 0.3 is 0 Å². The van der Waals surface area contributed by atoms with Crippen LogP contribution in [-0.4, -0.2) is 44.9 Å². The van der Waals surface area contributed by atoms with E-state index in [0.717, 1.165) is 24.0 Å². The zero-order valence-corrected chi connectivity index (χ0v) is 19.9. The number of amides is 1. The van der Waals surface area contributed by atoms with Crippen molar-refractivity contribution in [2.45, 2.75) is 32.7 Å². The lowest BCUT2D eigenvalue weighted by atomic mass is 9.89. The number of oxazole rings is 1. The lowest BCUT2D eigenvalue weighted by Gasteiger charge is -2.40. The second kappa shape index (κ2) is 9.43. The summed E-state index contributed by atoms with van der Waals surface area (Å²) in [4.78, 5) is 29.1. The Bertz CT molecular complexity index is 1320. The molecule has 0 bridgehead atoms. The number of aromatic nitrogens is 3. The van der Waals surface area contributed by atoms with E-state index in [1.54, 1.807) is 36.7 Å². The number of hydrogen-bond donors (Lipinski definition) is 1. The third kappa shape index (κ3) is 4.48. The zero-order valence-electron chi connectivity index (χ0n) is 19.2. The number of aryl methyl sites for hydroxylation is 1. The summed E-state index contributed by atoms with van der Waals surface area (Å²) in [7, 11) is 0. The lowest BCUT2D eigenvalue weighted by Crippen LogP contribution is -2.51. The highest BCUT2D eigenvalue weighted by Crippen LogP contribution is 2.29. The first kappa shape index (κ1) is 22.3. The number of anilines is 1. The molecule has 1 saturated heterocycles. The van der Waals surface area contributed by atoms with Crippen molar-refractivity contribution >= 4 is 34.6 Å². The summed E-state index contributed by atoms with van der Waals surface area (Å²) < 4.78 is 5.82. The van der Waals surface area contributed by atoms with Gasteiger partial charge in [-0.25, -0.2) is 9.97 Å². The SMILES string of the molecule is Cc1ccc(-c2ncccn2)c(C(=O)N2CCCC(C)C2CNc2nc3cc(Cl)ccc3o2)c1. The largest absolute Gasteiger partial charge is 0.424 e. The quantitative estimate of drug-likeness (QED) is 0.404. The molecule has 5 rings (SSSR count). The van der Waals surface area contributed by atoms with Crippen molar-refractivity contribution in [3.8, 4) is 11.4 Å². The summed E-state index contributed by atoms with van der Waals surface area (Å²) in [5, 5.41) is 3.92. The molecule has 0 radical (unpaired) electrons. The number of halogens is 1. The Morgan fingerprint density at radius 3 is 2.85 bits per heavy atom. The minimum atomic E-state index is -0.00935. The number of likely N-dealkylation sites (tertiary alicyclic amines) is 1. The molecule has 8 heteroatoms. The maximum absolute atomic E-state index is 13.9. The van der Waals surface area contributed by atoms with Crippen molar-refractivity contribution in [2.75, 3.05) is 18.4 Å². The summed E-state index contributed by atoms with van der Waals surface area (Å²) >= 11 is 6.07. The minimum absolute atomic E-state index is 0.00569. The smallest absolute Gasteiger partial charge is 0.295 e. The van der Waals surface area contributed by atoms with E-state index in [2.05, 4.69) is 27.2 Å². The van der Waals surface area contributed by atoms with Crippen LogP contribution in [-0.2, 0) is 0 Å². The highest BCUT2D eigenvalue weighted by atomic mass is 35.5. The van der Waals surface area contributed by atoms with Crippen LogP contribution in [0.2, 0.25) is 5.02 Å². The standard InChI is InChI=1S/C26H26ClN5O2/c1-16-6-8-19(24-28-10-4-11-29-24)20(13-16)25(33)32-12-3-5-17(2)22(32)15-30-26-31-21-14-18(27)7-9-23(21)34-26/h4,6-11,13-14,17,22H,3,5,12,15H2,1-2H3,(H,30,31). The van der Waals surface area contributed by atoms with Gasteiger partial charge in [-0.15, -0.1) is 0 Å². The topological polar surface area (TPSA) is 84.2 Å². The third-order valence-electron chi connectivity index (χ3n) is 6.40. The van der Waals surface area contributed by atoms with E-state index in [-0.39, 0.29) is 11.9 Å². The number of fused-ring (bicyclic) bond motifs is 1. The third-order valence-corrected chi connectivity index (χ3v) is 6.64. The Balaban J connectivity index is 1.41. The van der Waals surface area contributed by atoms with Crippen molar-refractivity contribution in [2.24, 2.45) is 5.92 Å². The van der Waals surface area contributed by atoms with Crippen LogP contribution in [0.4, 0.5) is 6.01 Å². The van der Waals surface area contributed by atoms with Crippen LogP contribution in [0.5, 0.6) is 0 Å². The fourth-order valence-electron chi connectivity index (χ4n) is 4.60. The van der Waals surface area contributed by atoms with Gasteiger partial charge in [-0.2, -0.15) is 4.98 Å². The summed E-state index contributed by atoms with van der Waals surface area (Å²) in [5.41, 5.74) is 3.77. The molecule has 1 aliphatic heterocycles. The molecular formula is C26H26ClN5O2. The van der Waals surface area contributed by atoms with Crippen molar-refractivity contribution in [3.63, 3.8) is 0 Å². The molecule has 4 aromatic rings. The summed E-state index contributed by atoms with van der Waals surface area (Å²) in [6, 6.07) is 13.4. The van der Waals surface area contributed by atoms with Crippen LogP contribution < -0.4 is 5.32 Å². The number of nitrogens with zero attached hydrogens (tertiary/aromatic N) is 4. The molecule has 0 spiro atoms. The monoisotopic (exact) mass is 475 g/mol. The average Bonchev–Trinajstić information content (AvgIpc) is 3.25. The van der Waals surface area contributed by atoms with Gasteiger partial charge < -0.3 is 14.6 Å². The van der Waals surface area contributed by atoms with Crippen LogP contribution in [0.1, 0.15) is 35.7 Å². The fourth-order valence-corrected chi connectivity index (χ4v) is 4.77. The Morgan fingerprint density at radius 1 is 1.21 bits per heavy atom. The number of nitrogens with one attached hydrogen (secondary N) is 1. The lowest BCUT2D eigenvalue weighted by molar-refractivity contribution is 0.0540. The van der Waals surface area contributed by atoms with Gasteiger partial charge in [0, 0.05) is 36.1 Å². The summed E-state index contributed by atoms with van der Waals surface area (Å²) in [6.07, 6.45) is 5.41. The Kier molecular flexibility index (Phi) is 6.20. The van der Waals surface area contributed by atoms with E-state index in [1.807, 2.05) is 30.0 Å². The molecule has 0 aliphatic carbocycles. The van der Waals surface area contributed by atoms with E-state index in [1.165, 1.54) is 0 Å². The molecule has 1 fully saturated rings. The normalized spacial score (nSPS) is 18.3. The van der Waals surface area contributed by atoms with Crippen molar-refractivity contribution in [1.82, 2.24) is 19.9 Å². The van der Waals surface area contributed by atoms with Crippen LogP contribution in [0.15, 0.2) is 59.3 Å². The molecule has 2 unspecified atom stereocenters. The Labute approximate surface area is 203 Å². The summed E-state index contributed by atoms with van der Waals surface area (Å²) in [5.74, 6) is 0.870. The van der Waals surface area contributed by atoms with Gasteiger partial charge in [0.2, 0.25) is 0 Å². The zero-order chi connectivity index (χ0) is 23.7. The van der Waals surface area contributed by atoms with Gasteiger partial charge in [-0.05, 0) is 56.0 Å². The van der Waals surface area contributed by atoms with E-state index in [9.17, 15) is 4.79 Å². The van der Waals surface area contributed by atoms with Crippen molar-refractivity contribution < 1.29 is 9.21 Å². The first-order chi connectivity index (χ1) is 16.5. The van der Waals surface area contributed by atoms with Gasteiger partial charge in [0.15, 0.2) is 11.4 Å². The highest BCUT2D eigenvalue weighted by Gasteiger charge is 2.33. The van der Waals surface area contributed by atoms with Crippen LogP contribution >= 0.6 is 11.6 Å². The van der Waals surface area contributed by atoms with Gasteiger partial charge in [0.1, 0.15) is 5.52 Å². The van der Waals surface area contributed by atoms with E-state index >= 15 is 0 Å². The average molecular weight is 476 g/mol. The maximum Gasteiger partial charge on any atom is 0.295 e. The molecule has 34 heavy (non-hydrogen) atoms. The molecule has 2 aromatic carbocycles. The molecule has 1 aliphatic rings. The second-order valence-electron chi connectivity index (χ2n) is 8.82. The fraction of sp³-hybridized carbons (Fsp3) is 0.308. The van der Waals surface area contributed by atoms with Gasteiger partial charge in [0.05, 0.1) is 11.6 Å². The molecule has 0 saturated carbocycles. The number of benzene rings is 2. The number of piperidine rings is 1. The second-order valence-corrected chi connectivity index (χ2v) is 9.26. The molecule has 7 nitrogen and oxygen atoms in total. The molecule has 1 amide bonds. The number of rotatable bonds is 5.